The molecule has 1 aliphatic rings. The fraction of sp³-hybridized carbons (Fsp3) is 0. The third-order valence-corrected chi connectivity index (χ3v) is 1.55. The monoisotopic (exact) mass is 218 g/mol. The lowest BCUT2D eigenvalue weighted by Gasteiger charge is -1.90. The first-order chi connectivity index (χ1) is 7.59. The maximum Gasteiger partial charge on any atom is 0.351 e. The van der Waals surface area contributed by atoms with Gasteiger partial charge in [0.25, 0.3) is 0 Å². The van der Waals surface area contributed by atoms with Crippen LogP contribution in [0.3, 0.4) is 0 Å². The molecule has 0 atom stereocenters. The molecule has 0 fully saturated rings. The Balaban J connectivity index is 2.71. The van der Waals surface area contributed by atoms with Crippen LogP contribution in [0.1, 0.15) is 0 Å². The van der Waals surface area contributed by atoms with Crippen molar-refractivity contribution in [2.45, 2.75) is 0 Å². The van der Waals surface area contributed by atoms with Gasteiger partial charge in [0.2, 0.25) is 0 Å². The van der Waals surface area contributed by atoms with E-state index < -0.39 is 5.97 Å². The molecule has 1 aliphatic heterocycles. The number of carboxylic acid groups (broad SMARTS) is 1. The number of carboxylic acids is 1. The molecule has 1 heterocycles. The van der Waals surface area contributed by atoms with Crippen LogP contribution in [0.15, 0.2) is 51.2 Å². The quantitative estimate of drug-likeness (QED) is 0.349. The van der Waals surface area contributed by atoms with Crippen molar-refractivity contribution in [1.82, 2.24) is 0 Å². The van der Waals surface area contributed by atoms with Gasteiger partial charge in [-0.1, -0.05) is 5.73 Å². The molecule has 0 radical (unpaired) electrons. The first kappa shape index (κ1) is 11.5. The van der Waals surface area contributed by atoms with Gasteiger partial charge in [0.15, 0.2) is 5.82 Å². The molecule has 0 unspecified atom stereocenters. The van der Waals surface area contributed by atoms with Crippen LogP contribution in [0.25, 0.3) is 0 Å². The third kappa shape index (κ3) is 3.65. The number of aliphatic carboxylic acids is 1. The number of hydrogen-bond acceptors (Lipinski definition) is 5. The summed E-state index contributed by atoms with van der Waals surface area (Å²) >= 11 is 0. The summed E-state index contributed by atoms with van der Waals surface area (Å²) in [5.74, 6) is -0.942. The highest BCUT2D eigenvalue weighted by atomic mass is 16.4. The van der Waals surface area contributed by atoms with Crippen molar-refractivity contribution >= 4 is 18.4 Å². The van der Waals surface area contributed by atoms with Gasteiger partial charge in [0, 0.05) is 6.21 Å². The first-order valence-electron chi connectivity index (χ1n) is 4.29. The van der Waals surface area contributed by atoms with E-state index in [1.807, 2.05) is 0 Å². The highest BCUT2D eigenvalue weighted by molar-refractivity contribution is 5.92. The predicted molar refractivity (Wildman–Crippen MR) is 60.8 cm³/mol. The molecule has 6 heteroatoms. The summed E-state index contributed by atoms with van der Waals surface area (Å²) in [5.41, 5.74) is 13.5. The first-order valence-corrected chi connectivity index (χ1v) is 4.29. The van der Waals surface area contributed by atoms with Crippen molar-refractivity contribution in [3.8, 4) is 0 Å². The number of hydrogen-bond donors (Lipinski definition) is 3. The number of nitrogens with two attached hydrogens (primary N) is 2. The normalized spacial score (nSPS) is 15.9. The Hall–Kier alpha value is -2.59. The summed E-state index contributed by atoms with van der Waals surface area (Å²) in [6, 6.07) is 0. The summed E-state index contributed by atoms with van der Waals surface area (Å²) in [6.07, 6.45) is 7.09. The second kappa shape index (κ2) is 5.33. The second-order valence-corrected chi connectivity index (χ2v) is 2.75. The summed E-state index contributed by atoms with van der Waals surface area (Å²) in [6.45, 7) is 0. The minimum Gasteiger partial charge on any atom is -0.477 e. The smallest absolute Gasteiger partial charge is 0.351 e. The molecule has 5 N–H and O–H groups in total. The standard InChI is InChI=1S/C10H10N4O2/c11-8(10(15)16)4-5-13-7-2-1-3-9(12)14-6-7/h1-2,4-6H,11-12H2,(H,15,16). The highest BCUT2D eigenvalue weighted by Gasteiger charge is 1.97. The van der Waals surface area contributed by atoms with Crippen molar-refractivity contribution in [3.63, 3.8) is 0 Å². The van der Waals surface area contributed by atoms with Gasteiger partial charge >= 0.3 is 5.97 Å². The van der Waals surface area contributed by atoms with E-state index in [0.717, 1.165) is 0 Å². The SMILES string of the molecule is NC1=C=CC=C(N=CC=C(N)C(=O)O)C=N1. The van der Waals surface area contributed by atoms with Gasteiger partial charge in [-0.2, -0.15) is 0 Å². The Labute approximate surface area is 91.7 Å². The van der Waals surface area contributed by atoms with E-state index in [1.165, 1.54) is 18.5 Å². The van der Waals surface area contributed by atoms with Crippen LogP contribution in [0.2, 0.25) is 0 Å². The van der Waals surface area contributed by atoms with Crippen LogP contribution in [0.4, 0.5) is 0 Å². The summed E-state index contributed by atoms with van der Waals surface area (Å²) in [4.78, 5) is 18.1. The van der Waals surface area contributed by atoms with Crippen LogP contribution in [-0.2, 0) is 4.79 Å². The molecule has 1 rings (SSSR count). The number of nitrogens with zero attached hydrogens (tertiary/aromatic N) is 2. The Morgan fingerprint density at radius 3 is 3.06 bits per heavy atom. The lowest BCUT2D eigenvalue weighted by molar-refractivity contribution is -0.132. The largest absolute Gasteiger partial charge is 0.477 e. The Morgan fingerprint density at radius 1 is 1.62 bits per heavy atom. The fourth-order valence-electron chi connectivity index (χ4n) is 0.780. The molecule has 0 aliphatic carbocycles. The van der Waals surface area contributed by atoms with E-state index >= 15 is 0 Å². The minimum absolute atomic E-state index is 0.252. The molecular formula is C10H10N4O2. The Kier molecular flexibility index (Phi) is 3.83. The van der Waals surface area contributed by atoms with Crippen LogP contribution in [-0.4, -0.2) is 23.5 Å². The Morgan fingerprint density at radius 2 is 2.38 bits per heavy atom. The number of carbonyl (C=O) groups is 1. The van der Waals surface area contributed by atoms with E-state index in [4.69, 9.17) is 16.6 Å². The molecule has 0 saturated heterocycles. The molecule has 0 spiro atoms. The van der Waals surface area contributed by atoms with Crippen LogP contribution in [0, 0.1) is 0 Å². The zero-order chi connectivity index (χ0) is 12.0. The van der Waals surface area contributed by atoms with E-state index in [2.05, 4.69) is 15.7 Å². The minimum atomic E-state index is -1.19. The van der Waals surface area contributed by atoms with Gasteiger partial charge in [0.05, 0.1) is 11.9 Å². The van der Waals surface area contributed by atoms with Gasteiger partial charge in [-0.15, -0.1) is 0 Å². The van der Waals surface area contributed by atoms with E-state index in [0.29, 0.717) is 5.70 Å². The van der Waals surface area contributed by atoms with Gasteiger partial charge < -0.3 is 16.6 Å². The Bertz CT molecular complexity index is 477. The highest BCUT2D eigenvalue weighted by Crippen LogP contribution is 1.98. The predicted octanol–water partition coefficient (Wildman–Crippen LogP) is -0.0921. The van der Waals surface area contributed by atoms with E-state index in [9.17, 15) is 4.79 Å². The molecule has 0 amide bonds. The van der Waals surface area contributed by atoms with Crippen LogP contribution < -0.4 is 11.5 Å². The van der Waals surface area contributed by atoms with Crippen LogP contribution >= 0.6 is 0 Å². The lowest BCUT2D eigenvalue weighted by atomic mass is 10.4. The van der Waals surface area contributed by atoms with E-state index in [1.54, 1.807) is 12.2 Å². The van der Waals surface area contributed by atoms with Gasteiger partial charge in [-0.3, -0.25) is 4.99 Å². The van der Waals surface area contributed by atoms with E-state index in [-0.39, 0.29) is 11.5 Å². The topological polar surface area (TPSA) is 114 Å². The number of allylic oxidation sites excluding steroid dienone is 4. The van der Waals surface area contributed by atoms with Crippen molar-refractivity contribution in [2.75, 3.05) is 0 Å². The number of rotatable bonds is 3. The fourth-order valence-corrected chi connectivity index (χ4v) is 0.780. The molecule has 6 nitrogen and oxygen atoms in total. The molecule has 0 bridgehead atoms. The van der Waals surface area contributed by atoms with Crippen molar-refractivity contribution in [2.24, 2.45) is 21.5 Å². The molecular weight excluding hydrogens is 208 g/mol. The van der Waals surface area contributed by atoms with Crippen molar-refractivity contribution < 1.29 is 9.90 Å². The maximum atomic E-state index is 10.3. The summed E-state index contributed by atoms with van der Waals surface area (Å²) in [5, 5.41) is 8.47. The molecule has 82 valence electrons. The molecule has 0 aromatic heterocycles. The molecule has 0 aromatic carbocycles. The third-order valence-electron chi connectivity index (χ3n) is 1.55. The average molecular weight is 218 g/mol. The summed E-state index contributed by atoms with van der Waals surface area (Å²) in [7, 11) is 0. The summed E-state index contributed by atoms with van der Waals surface area (Å²) < 4.78 is 0. The van der Waals surface area contributed by atoms with Crippen molar-refractivity contribution in [3.05, 3.63) is 41.2 Å². The molecule has 0 saturated carbocycles. The maximum absolute atomic E-state index is 10.3. The molecule has 16 heavy (non-hydrogen) atoms. The lowest BCUT2D eigenvalue weighted by Crippen LogP contribution is -2.09. The van der Waals surface area contributed by atoms with Crippen molar-refractivity contribution in [1.29, 1.82) is 0 Å². The van der Waals surface area contributed by atoms with Crippen LogP contribution in [0.5, 0.6) is 0 Å². The second-order valence-electron chi connectivity index (χ2n) is 2.75. The van der Waals surface area contributed by atoms with Gasteiger partial charge in [0.1, 0.15) is 5.70 Å². The zero-order valence-electron chi connectivity index (χ0n) is 8.29. The number of aliphatic imine (C=N–C) groups is 2. The molecule has 0 aromatic rings. The van der Waals surface area contributed by atoms with Gasteiger partial charge in [-0.05, 0) is 18.2 Å². The average Bonchev–Trinajstić information content (AvgIpc) is 2.43. The van der Waals surface area contributed by atoms with Gasteiger partial charge in [-0.25, -0.2) is 9.79 Å². The zero-order valence-corrected chi connectivity index (χ0v) is 8.29.